The summed E-state index contributed by atoms with van der Waals surface area (Å²) < 4.78 is 0. The quantitative estimate of drug-likeness (QED) is 0.724. The molecule has 0 aliphatic carbocycles. The number of carbonyl (C=O) groups excluding carboxylic acids is 2. The summed E-state index contributed by atoms with van der Waals surface area (Å²) in [7, 11) is 0. The van der Waals surface area contributed by atoms with Crippen LogP contribution in [0.4, 0.5) is 0 Å². The van der Waals surface area contributed by atoms with Crippen LogP contribution in [0, 0.1) is 0 Å². The van der Waals surface area contributed by atoms with Gasteiger partial charge < -0.3 is 10.6 Å². The summed E-state index contributed by atoms with van der Waals surface area (Å²) in [6, 6.07) is 4.91. The summed E-state index contributed by atoms with van der Waals surface area (Å²) >= 11 is 10.1. The molecule has 0 heterocycles. The minimum atomic E-state index is -0.305. The van der Waals surface area contributed by atoms with Crippen LogP contribution >= 0.6 is 24.2 Å². The van der Waals surface area contributed by atoms with Crippen molar-refractivity contribution in [2.24, 2.45) is 0 Å². The first kappa shape index (κ1) is 14.9. The molecule has 1 rings (SSSR count). The minimum absolute atomic E-state index is 0.0909. The van der Waals surface area contributed by atoms with Crippen LogP contribution in [0.25, 0.3) is 0 Å². The van der Waals surface area contributed by atoms with Gasteiger partial charge in [-0.15, -0.1) is 12.6 Å². The third-order valence-corrected chi connectivity index (χ3v) is 2.81. The van der Waals surface area contributed by atoms with Crippen LogP contribution in [0.1, 0.15) is 23.7 Å². The molecule has 2 N–H and O–H groups in total. The monoisotopic (exact) mass is 286 g/mol. The molecule has 0 unspecified atom stereocenters. The van der Waals surface area contributed by atoms with Crippen LogP contribution < -0.4 is 10.6 Å². The molecule has 0 aliphatic rings. The molecule has 0 aliphatic heterocycles. The maximum absolute atomic E-state index is 11.8. The number of halogens is 1. The van der Waals surface area contributed by atoms with E-state index in [2.05, 4.69) is 23.3 Å². The van der Waals surface area contributed by atoms with Gasteiger partial charge in [-0.2, -0.15) is 0 Å². The SMILES string of the molecule is CCNC(=O)CCNC(=O)c1cc(S)ccc1Cl. The van der Waals surface area contributed by atoms with Crippen molar-refractivity contribution in [3.05, 3.63) is 28.8 Å². The topological polar surface area (TPSA) is 58.2 Å². The Hall–Kier alpha value is -1.20. The lowest BCUT2D eigenvalue weighted by atomic mass is 10.2. The molecule has 4 nitrogen and oxygen atoms in total. The Bertz CT molecular complexity index is 452. The average molecular weight is 287 g/mol. The van der Waals surface area contributed by atoms with Gasteiger partial charge in [0, 0.05) is 24.4 Å². The molecule has 18 heavy (non-hydrogen) atoms. The molecule has 98 valence electrons. The molecule has 6 heteroatoms. The molecule has 0 fully saturated rings. The van der Waals surface area contributed by atoms with E-state index in [-0.39, 0.29) is 24.8 Å². The first-order valence-electron chi connectivity index (χ1n) is 5.58. The van der Waals surface area contributed by atoms with E-state index in [1.54, 1.807) is 18.2 Å². The van der Waals surface area contributed by atoms with Crippen molar-refractivity contribution in [2.45, 2.75) is 18.2 Å². The Kier molecular flexibility index (Phi) is 6.01. The summed E-state index contributed by atoms with van der Waals surface area (Å²) in [5.74, 6) is -0.396. The maximum Gasteiger partial charge on any atom is 0.252 e. The van der Waals surface area contributed by atoms with E-state index in [0.717, 1.165) is 0 Å². The molecular weight excluding hydrogens is 272 g/mol. The van der Waals surface area contributed by atoms with Gasteiger partial charge in [-0.3, -0.25) is 9.59 Å². The van der Waals surface area contributed by atoms with Crippen molar-refractivity contribution in [1.29, 1.82) is 0 Å². The van der Waals surface area contributed by atoms with E-state index >= 15 is 0 Å². The minimum Gasteiger partial charge on any atom is -0.356 e. The number of carbonyl (C=O) groups is 2. The molecule has 2 amide bonds. The molecule has 0 saturated carbocycles. The van der Waals surface area contributed by atoms with Crippen molar-refractivity contribution in [1.82, 2.24) is 10.6 Å². The highest BCUT2D eigenvalue weighted by atomic mass is 35.5. The second-order valence-corrected chi connectivity index (χ2v) is 4.55. The highest BCUT2D eigenvalue weighted by molar-refractivity contribution is 7.80. The van der Waals surface area contributed by atoms with Crippen molar-refractivity contribution >= 4 is 36.0 Å². The third-order valence-electron chi connectivity index (χ3n) is 2.21. The zero-order chi connectivity index (χ0) is 13.5. The molecule has 0 aromatic heterocycles. The molecule has 0 atom stereocenters. The Morgan fingerprint density at radius 1 is 1.33 bits per heavy atom. The van der Waals surface area contributed by atoms with Crippen molar-refractivity contribution in [3.8, 4) is 0 Å². The summed E-state index contributed by atoms with van der Waals surface area (Å²) in [6.45, 7) is 2.70. The van der Waals surface area contributed by atoms with Gasteiger partial charge in [0.1, 0.15) is 0 Å². The lowest BCUT2D eigenvalue weighted by molar-refractivity contribution is -0.120. The molecule has 0 bridgehead atoms. The number of hydrogen-bond donors (Lipinski definition) is 3. The van der Waals surface area contributed by atoms with Crippen molar-refractivity contribution in [3.63, 3.8) is 0 Å². The molecule has 0 spiro atoms. The van der Waals surface area contributed by atoms with Gasteiger partial charge in [0.25, 0.3) is 5.91 Å². The summed E-state index contributed by atoms with van der Waals surface area (Å²) in [5.41, 5.74) is 0.361. The third kappa shape index (κ3) is 4.58. The normalized spacial score (nSPS) is 9.94. The van der Waals surface area contributed by atoms with Crippen molar-refractivity contribution in [2.75, 3.05) is 13.1 Å². The fourth-order valence-electron chi connectivity index (χ4n) is 1.36. The fraction of sp³-hybridized carbons (Fsp3) is 0.333. The second-order valence-electron chi connectivity index (χ2n) is 3.62. The van der Waals surface area contributed by atoms with E-state index in [1.165, 1.54) is 0 Å². The van der Waals surface area contributed by atoms with Gasteiger partial charge >= 0.3 is 0 Å². The van der Waals surface area contributed by atoms with Crippen LogP contribution in [-0.4, -0.2) is 24.9 Å². The molecule has 1 aromatic carbocycles. The fourth-order valence-corrected chi connectivity index (χ4v) is 1.76. The van der Waals surface area contributed by atoms with Gasteiger partial charge in [0.2, 0.25) is 5.91 Å². The highest BCUT2D eigenvalue weighted by Crippen LogP contribution is 2.19. The standard InChI is InChI=1S/C12H15ClN2O2S/c1-2-14-11(16)5-6-15-12(17)9-7-8(18)3-4-10(9)13/h3-4,7,18H,2,5-6H2,1H3,(H,14,16)(H,15,17). The molecular formula is C12H15ClN2O2S. The number of nitrogens with one attached hydrogen (secondary N) is 2. The number of hydrogen-bond acceptors (Lipinski definition) is 3. The maximum atomic E-state index is 11.8. The van der Waals surface area contributed by atoms with Gasteiger partial charge in [0.05, 0.1) is 10.6 Å². The number of thiol groups is 1. The molecule has 0 radical (unpaired) electrons. The highest BCUT2D eigenvalue weighted by Gasteiger charge is 2.10. The first-order valence-corrected chi connectivity index (χ1v) is 6.40. The number of rotatable bonds is 5. The Balaban J connectivity index is 2.50. The van der Waals surface area contributed by atoms with Crippen LogP contribution in [0.2, 0.25) is 5.02 Å². The zero-order valence-electron chi connectivity index (χ0n) is 10.00. The molecule has 1 aromatic rings. The van der Waals surface area contributed by atoms with Gasteiger partial charge in [0.15, 0.2) is 0 Å². The van der Waals surface area contributed by atoms with E-state index in [0.29, 0.717) is 22.0 Å². The lowest BCUT2D eigenvalue weighted by Crippen LogP contribution is -2.30. The van der Waals surface area contributed by atoms with Gasteiger partial charge in [-0.05, 0) is 25.1 Å². The smallest absolute Gasteiger partial charge is 0.252 e. The number of benzene rings is 1. The summed E-state index contributed by atoms with van der Waals surface area (Å²) in [6.07, 6.45) is 0.248. The zero-order valence-corrected chi connectivity index (χ0v) is 11.6. The van der Waals surface area contributed by atoms with Crippen LogP contribution in [-0.2, 0) is 4.79 Å². The van der Waals surface area contributed by atoms with Crippen LogP contribution in [0.3, 0.4) is 0 Å². The van der Waals surface area contributed by atoms with Gasteiger partial charge in [-0.1, -0.05) is 11.6 Å². The van der Waals surface area contributed by atoms with Crippen LogP contribution in [0.15, 0.2) is 23.1 Å². The lowest BCUT2D eigenvalue weighted by Gasteiger charge is -2.07. The van der Waals surface area contributed by atoms with Crippen molar-refractivity contribution < 1.29 is 9.59 Å². The number of amides is 2. The van der Waals surface area contributed by atoms with Crippen LogP contribution in [0.5, 0.6) is 0 Å². The van der Waals surface area contributed by atoms with E-state index < -0.39 is 0 Å². The average Bonchev–Trinajstić information content (AvgIpc) is 2.32. The van der Waals surface area contributed by atoms with E-state index in [1.807, 2.05) is 6.92 Å². The second kappa shape index (κ2) is 7.28. The summed E-state index contributed by atoms with van der Waals surface area (Å²) in [5, 5.41) is 5.65. The Labute approximate surface area is 117 Å². The Morgan fingerprint density at radius 3 is 2.72 bits per heavy atom. The predicted octanol–water partition coefficient (Wildman–Crippen LogP) is 1.88. The Morgan fingerprint density at radius 2 is 2.06 bits per heavy atom. The van der Waals surface area contributed by atoms with Gasteiger partial charge in [-0.25, -0.2) is 0 Å². The van der Waals surface area contributed by atoms with E-state index in [9.17, 15) is 9.59 Å². The van der Waals surface area contributed by atoms with E-state index in [4.69, 9.17) is 11.6 Å². The first-order chi connectivity index (χ1) is 8.54. The summed E-state index contributed by atoms with van der Waals surface area (Å²) in [4.78, 5) is 23.6. The molecule has 0 saturated heterocycles. The largest absolute Gasteiger partial charge is 0.356 e. The predicted molar refractivity (Wildman–Crippen MR) is 74.3 cm³/mol.